The molecule has 0 saturated carbocycles. The van der Waals surface area contributed by atoms with Crippen LogP contribution in [-0.2, 0) is 16.0 Å². The lowest BCUT2D eigenvalue weighted by Gasteiger charge is -2.20. The van der Waals surface area contributed by atoms with E-state index in [4.69, 9.17) is 5.73 Å². The van der Waals surface area contributed by atoms with Crippen LogP contribution in [0.3, 0.4) is 0 Å². The van der Waals surface area contributed by atoms with Crippen LogP contribution >= 0.6 is 15.9 Å². The molecule has 0 aromatic heterocycles. The van der Waals surface area contributed by atoms with Crippen molar-refractivity contribution in [3.05, 3.63) is 94.0 Å². The Morgan fingerprint density at radius 3 is 2.00 bits per heavy atom. The van der Waals surface area contributed by atoms with Gasteiger partial charge in [0.15, 0.2) is 0 Å². The van der Waals surface area contributed by atoms with E-state index >= 15 is 0 Å². The molecule has 5 heteroatoms. The molecule has 0 heterocycles. The van der Waals surface area contributed by atoms with Crippen molar-refractivity contribution in [3.63, 3.8) is 0 Å². The molecule has 3 aromatic rings. The Kier molecular flexibility index (Phi) is 5.01. The van der Waals surface area contributed by atoms with E-state index in [-0.39, 0.29) is 5.91 Å². The fraction of sp³-hybridized carbons (Fsp3) is 0.130. The van der Waals surface area contributed by atoms with E-state index in [1.54, 1.807) is 0 Å². The maximum Gasteiger partial charge on any atom is 0.240 e. The fourth-order valence-electron chi connectivity index (χ4n) is 3.80. The van der Waals surface area contributed by atoms with Crippen LogP contribution in [0.5, 0.6) is 0 Å². The van der Waals surface area contributed by atoms with Gasteiger partial charge < -0.3 is 11.1 Å². The van der Waals surface area contributed by atoms with Crippen molar-refractivity contribution in [2.45, 2.75) is 18.4 Å². The number of nitrogens with two attached hydrogens (primary N) is 1. The Morgan fingerprint density at radius 2 is 1.43 bits per heavy atom. The van der Waals surface area contributed by atoms with Crippen molar-refractivity contribution < 1.29 is 9.59 Å². The maximum absolute atomic E-state index is 13.2. The molecule has 0 unspecified atom stereocenters. The molecule has 28 heavy (non-hydrogen) atoms. The van der Waals surface area contributed by atoms with Crippen molar-refractivity contribution in [2.24, 2.45) is 5.73 Å². The summed E-state index contributed by atoms with van der Waals surface area (Å²) in [5.41, 5.74) is 10.5. The zero-order chi connectivity index (χ0) is 19.7. The maximum atomic E-state index is 13.2. The molecule has 3 N–H and O–H groups in total. The molecule has 2 amide bonds. The van der Waals surface area contributed by atoms with Gasteiger partial charge in [0.1, 0.15) is 6.04 Å². The highest BCUT2D eigenvalue weighted by Crippen LogP contribution is 2.44. The van der Waals surface area contributed by atoms with Gasteiger partial charge in [-0.15, -0.1) is 0 Å². The van der Waals surface area contributed by atoms with Gasteiger partial charge in [0.25, 0.3) is 0 Å². The Balaban J connectivity index is 1.63. The third kappa shape index (κ3) is 3.34. The summed E-state index contributed by atoms with van der Waals surface area (Å²) in [6.45, 7) is 0. The standard InChI is InChI=1S/C23H19BrN2O2/c24-19-12-6-1-7-14(19)13-20(22(25)27)26-23(28)21-17-10-4-2-8-15(17)16-9-3-5-11-18(16)21/h1-12,20-21H,13H2,(H2,25,27)(H,26,28)/t20-/m1/s1. The first-order valence-corrected chi connectivity index (χ1v) is 9.87. The minimum Gasteiger partial charge on any atom is -0.368 e. The van der Waals surface area contributed by atoms with E-state index in [1.807, 2.05) is 72.8 Å². The van der Waals surface area contributed by atoms with E-state index in [2.05, 4.69) is 21.2 Å². The van der Waals surface area contributed by atoms with Gasteiger partial charge >= 0.3 is 0 Å². The molecule has 1 atom stereocenters. The number of carbonyl (C=O) groups is 2. The molecule has 1 aliphatic carbocycles. The number of benzene rings is 3. The lowest BCUT2D eigenvalue weighted by molar-refractivity contribution is -0.127. The van der Waals surface area contributed by atoms with Crippen LogP contribution in [0.1, 0.15) is 22.6 Å². The SMILES string of the molecule is NC(=O)[C@@H](Cc1ccccc1Br)NC(=O)C1c2ccccc2-c2ccccc21. The van der Waals surface area contributed by atoms with Crippen molar-refractivity contribution in [1.82, 2.24) is 5.32 Å². The molecule has 0 saturated heterocycles. The third-order valence-electron chi connectivity index (χ3n) is 5.14. The first-order valence-electron chi connectivity index (χ1n) is 9.07. The van der Waals surface area contributed by atoms with Crippen molar-refractivity contribution in [1.29, 1.82) is 0 Å². The molecule has 0 spiro atoms. The van der Waals surface area contributed by atoms with Crippen molar-refractivity contribution in [3.8, 4) is 11.1 Å². The minimum atomic E-state index is -0.786. The monoisotopic (exact) mass is 434 g/mol. The smallest absolute Gasteiger partial charge is 0.240 e. The van der Waals surface area contributed by atoms with Crippen LogP contribution in [0.25, 0.3) is 11.1 Å². The number of rotatable bonds is 5. The summed E-state index contributed by atoms with van der Waals surface area (Å²) in [5, 5.41) is 2.88. The summed E-state index contributed by atoms with van der Waals surface area (Å²) < 4.78 is 0.882. The normalized spacial score (nSPS) is 13.5. The number of primary amides is 1. The summed E-state index contributed by atoms with van der Waals surface area (Å²) in [6, 6.07) is 22.6. The summed E-state index contributed by atoms with van der Waals surface area (Å²) in [6.07, 6.45) is 0.332. The second-order valence-corrected chi connectivity index (χ2v) is 7.72. The summed E-state index contributed by atoms with van der Waals surface area (Å²) in [7, 11) is 0. The molecular weight excluding hydrogens is 416 g/mol. The summed E-state index contributed by atoms with van der Waals surface area (Å²) in [4.78, 5) is 25.3. The van der Waals surface area contributed by atoms with Gasteiger partial charge in [-0.25, -0.2) is 0 Å². The third-order valence-corrected chi connectivity index (χ3v) is 5.91. The number of hydrogen-bond acceptors (Lipinski definition) is 2. The zero-order valence-electron chi connectivity index (χ0n) is 15.1. The number of halogens is 1. The van der Waals surface area contributed by atoms with Crippen LogP contribution < -0.4 is 11.1 Å². The molecule has 3 aromatic carbocycles. The summed E-state index contributed by atoms with van der Waals surface area (Å²) >= 11 is 3.48. The first kappa shape index (κ1) is 18.4. The molecule has 140 valence electrons. The van der Waals surface area contributed by atoms with Gasteiger partial charge in [-0.3, -0.25) is 9.59 Å². The van der Waals surface area contributed by atoms with Gasteiger partial charge in [-0.2, -0.15) is 0 Å². The fourth-order valence-corrected chi connectivity index (χ4v) is 4.25. The lowest BCUT2D eigenvalue weighted by Crippen LogP contribution is -2.47. The number of hydrogen-bond donors (Lipinski definition) is 2. The highest BCUT2D eigenvalue weighted by molar-refractivity contribution is 9.10. The molecular formula is C23H19BrN2O2. The van der Waals surface area contributed by atoms with E-state index < -0.39 is 17.9 Å². The molecule has 0 bridgehead atoms. The molecule has 4 nitrogen and oxygen atoms in total. The Hall–Kier alpha value is -2.92. The highest BCUT2D eigenvalue weighted by atomic mass is 79.9. The Bertz CT molecular complexity index is 1020. The highest BCUT2D eigenvalue weighted by Gasteiger charge is 2.35. The average Bonchev–Trinajstić information content (AvgIpc) is 3.03. The predicted octanol–water partition coefficient (Wildman–Crippen LogP) is 3.77. The topological polar surface area (TPSA) is 72.2 Å². The minimum absolute atomic E-state index is 0.215. The van der Waals surface area contributed by atoms with Crippen LogP contribution in [-0.4, -0.2) is 17.9 Å². The molecule has 1 aliphatic rings. The van der Waals surface area contributed by atoms with Crippen LogP contribution in [0.15, 0.2) is 77.3 Å². The molecule has 4 rings (SSSR count). The van der Waals surface area contributed by atoms with E-state index in [1.165, 1.54) is 0 Å². The van der Waals surface area contributed by atoms with Crippen LogP contribution in [0.2, 0.25) is 0 Å². The Labute approximate surface area is 171 Å². The van der Waals surface area contributed by atoms with Gasteiger partial charge in [0.05, 0.1) is 5.92 Å². The van der Waals surface area contributed by atoms with E-state index in [9.17, 15) is 9.59 Å². The quantitative estimate of drug-likeness (QED) is 0.641. The first-order chi connectivity index (χ1) is 13.6. The Morgan fingerprint density at radius 1 is 0.893 bits per heavy atom. The zero-order valence-corrected chi connectivity index (χ0v) is 16.6. The van der Waals surface area contributed by atoms with E-state index in [0.717, 1.165) is 32.3 Å². The van der Waals surface area contributed by atoms with Crippen LogP contribution in [0.4, 0.5) is 0 Å². The number of fused-ring (bicyclic) bond motifs is 3. The number of nitrogens with one attached hydrogen (secondary N) is 1. The second-order valence-electron chi connectivity index (χ2n) is 6.87. The molecule has 0 aliphatic heterocycles. The predicted molar refractivity (Wildman–Crippen MR) is 113 cm³/mol. The van der Waals surface area contributed by atoms with Crippen LogP contribution in [0, 0.1) is 0 Å². The van der Waals surface area contributed by atoms with Gasteiger partial charge in [-0.05, 0) is 33.9 Å². The largest absolute Gasteiger partial charge is 0.368 e. The molecule has 0 radical (unpaired) electrons. The summed E-state index contributed by atoms with van der Waals surface area (Å²) in [5.74, 6) is -1.22. The van der Waals surface area contributed by atoms with Gasteiger partial charge in [0.2, 0.25) is 11.8 Å². The van der Waals surface area contributed by atoms with Gasteiger partial charge in [0, 0.05) is 10.9 Å². The van der Waals surface area contributed by atoms with Crippen molar-refractivity contribution in [2.75, 3.05) is 0 Å². The number of carbonyl (C=O) groups excluding carboxylic acids is 2. The molecule has 0 fully saturated rings. The second kappa shape index (κ2) is 7.60. The number of amides is 2. The van der Waals surface area contributed by atoms with Gasteiger partial charge in [-0.1, -0.05) is 82.7 Å². The lowest BCUT2D eigenvalue weighted by atomic mass is 9.95. The van der Waals surface area contributed by atoms with E-state index in [0.29, 0.717) is 6.42 Å². The average molecular weight is 435 g/mol. The van der Waals surface area contributed by atoms with Crippen molar-refractivity contribution >= 4 is 27.7 Å².